The number of carboxylic acid groups (broad SMARTS) is 1. The zero-order chi connectivity index (χ0) is 20.2. The Morgan fingerprint density at radius 1 is 1.24 bits per heavy atom. The highest BCUT2D eigenvalue weighted by Crippen LogP contribution is 2.32. The molecule has 29 heavy (non-hydrogen) atoms. The molecule has 0 saturated heterocycles. The standard InChI is InChI=1S/C23H24ClN3O2/c24-20-14-25-23(26-19-11-5-10-18(13-19)22(28)29)27-21(20)17-9-4-8-16(12-17)15-6-2-1-3-7-15/h1-2,4,6,8-9,12,14,18-19H,3,5,7,10-11,13H2,(H,28,29)(H,25,26,27)/t18-,19+/m0/s1. The van der Waals surface area contributed by atoms with E-state index in [9.17, 15) is 9.90 Å². The molecule has 0 aliphatic heterocycles. The lowest BCUT2D eigenvalue weighted by atomic mass is 9.86. The van der Waals surface area contributed by atoms with Gasteiger partial charge < -0.3 is 10.4 Å². The summed E-state index contributed by atoms with van der Waals surface area (Å²) in [6.07, 6.45) is 13.2. The van der Waals surface area contributed by atoms with Gasteiger partial charge in [0.05, 0.1) is 22.8 Å². The SMILES string of the molecule is O=C(O)[C@H]1CCC[C@@H](Nc2ncc(Cl)c(-c3cccc(C4=CC=CCC4)c3)n2)C1. The van der Waals surface area contributed by atoms with Crippen molar-refractivity contribution in [1.82, 2.24) is 9.97 Å². The Balaban J connectivity index is 1.57. The normalized spacial score (nSPS) is 21.5. The maximum absolute atomic E-state index is 11.3. The molecule has 0 bridgehead atoms. The largest absolute Gasteiger partial charge is 0.481 e. The van der Waals surface area contributed by atoms with Crippen LogP contribution in [0.4, 0.5) is 5.95 Å². The topological polar surface area (TPSA) is 75.1 Å². The van der Waals surface area contributed by atoms with Gasteiger partial charge in [-0.2, -0.15) is 0 Å². The van der Waals surface area contributed by atoms with Crippen LogP contribution in [0.1, 0.15) is 44.1 Å². The summed E-state index contributed by atoms with van der Waals surface area (Å²) in [6, 6.07) is 8.31. The smallest absolute Gasteiger partial charge is 0.306 e. The summed E-state index contributed by atoms with van der Waals surface area (Å²) in [7, 11) is 0. The van der Waals surface area contributed by atoms with Gasteiger partial charge in [-0.3, -0.25) is 4.79 Å². The highest BCUT2D eigenvalue weighted by atomic mass is 35.5. The van der Waals surface area contributed by atoms with Gasteiger partial charge >= 0.3 is 5.97 Å². The number of allylic oxidation sites excluding steroid dienone is 4. The number of carbonyl (C=O) groups is 1. The van der Waals surface area contributed by atoms with Gasteiger partial charge in [0.15, 0.2) is 0 Å². The minimum atomic E-state index is -0.724. The van der Waals surface area contributed by atoms with Gasteiger partial charge in [0.1, 0.15) is 0 Å². The molecule has 0 spiro atoms. The zero-order valence-electron chi connectivity index (χ0n) is 16.1. The summed E-state index contributed by atoms with van der Waals surface area (Å²) in [4.78, 5) is 20.3. The first-order chi connectivity index (χ1) is 14.1. The zero-order valence-corrected chi connectivity index (χ0v) is 16.9. The molecule has 0 radical (unpaired) electrons. The second-order valence-corrected chi connectivity index (χ2v) is 8.08. The van der Waals surface area contributed by atoms with Crippen LogP contribution in [-0.2, 0) is 4.79 Å². The molecule has 1 saturated carbocycles. The first kappa shape index (κ1) is 19.6. The van der Waals surface area contributed by atoms with E-state index in [1.807, 2.05) is 12.1 Å². The maximum atomic E-state index is 11.3. The summed E-state index contributed by atoms with van der Waals surface area (Å²) in [5.74, 6) is -0.536. The van der Waals surface area contributed by atoms with E-state index >= 15 is 0 Å². The van der Waals surface area contributed by atoms with Crippen LogP contribution in [0, 0.1) is 5.92 Å². The molecule has 1 fully saturated rings. The number of nitrogens with zero attached hydrogens (tertiary/aromatic N) is 2. The maximum Gasteiger partial charge on any atom is 0.306 e. The van der Waals surface area contributed by atoms with Crippen LogP contribution in [0.5, 0.6) is 0 Å². The van der Waals surface area contributed by atoms with E-state index in [1.165, 1.54) is 11.1 Å². The average Bonchev–Trinajstić information content (AvgIpc) is 2.76. The molecule has 1 aromatic heterocycles. The van der Waals surface area contributed by atoms with Crippen molar-refractivity contribution < 1.29 is 9.90 Å². The van der Waals surface area contributed by atoms with Crippen LogP contribution < -0.4 is 5.32 Å². The molecule has 6 heteroatoms. The summed E-state index contributed by atoms with van der Waals surface area (Å²) < 4.78 is 0. The predicted octanol–water partition coefficient (Wildman–Crippen LogP) is 5.59. The van der Waals surface area contributed by atoms with Gasteiger partial charge in [-0.05, 0) is 49.3 Å². The number of aromatic nitrogens is 2. The van der Waals surface area contributed by atoms with Gasteiger partial charge in [0, 0.05) is 11.6 Å². The number of benzene rings is 1. The molecule has 5 nitrogen and oxygen atoms in total. The van der Waals surface area contributed by atoms with Crippen LogP contribution in [0.15, 0.2) is 48.7 Å². The highest BCUT2D eigenvalue weighted by Gasteiger charge is 2.27. The minimum absolute atomic E-state index is 0.0596. The third-order valence-corrected chi connectivity index (χ3v) is 5.90. The minimum Gasteiger partial charge on any atom is -0.481 e. The lowest BCUT2D eigenvalue weighted by Gasteiger charge is -2.27. The van der Waals surface area contributed by atoms with Gasteiger partial charge in [0.2, 0.25) is 5.95 Å². The van der Waals surface area contributed by atoms with Crippen molar-refractivity contribution in [2.24, 2.45) is 5.92 Å². The van der Waals surface area contributed by atoms with E-state index < -0.39 is 5.97 Å². The van der Waals surface area contributed by atoms with Crippen molar-refractivity contribution in [2.45, 2.75) is 44.6 Å². The molecule has 0 unspecified atom stereocenters. The fourth-order valence-corrected chi connectivity index (χ4v) is 4.28. The molecule has 2 atom stereocenters. The predicted molar refractivity (Wildman–Crippen MR) is 116 cm³/mol. The number of aliphatic carboxylic acids is 1. The van der Waals surface area contributed by atoms with Crippen molar-refractivity contribution in [3.8, 4) is 11.3 Å². The van der Waals surface area contributed by atoms with Crippen LogP contribution in [-0.4, -0.2) is 27.1 Å². The van der Waals surface area contributed by atoms with Crippen LogP contribution >= 0.6 is 11.6 Å². The average molecular weight is 410 g/mol. The van der Waals surface area contributed by atoms with Crippen LogP contribution in [0.2, 0.25) is 5.02 Å². The van der Waals surface area contributed by atoms with Gasteiger partial charge in [0.25, 0.3) is 0 Å². The fraction of sp³-hybridized carbons (Fsp3) is 0.348. The van der Waals surface area contributed by atoms with E-state index in [0.717, 1.165) is 37.7 Å². The first-order valence-corrected chi connectivity index (χ1v) is 10.5. The third kappa shape index (κ3) is 4.67. The highest BCUT2D eigenvalue weighted by molar-refractivity contribution is 6.32. The number of hydrogen-bond donors (Lipinski definition) is 2. The number of halogens is 1. The molecule has 2 aliphatic rings. The van der Waals surface area contributed by atoms with E-state index in [0.29, 0.717) is 23.1 Å². The summed E-state index contributed by atoms with van der Waals surface area (Å²) in [6.45, 7) is 0. The monoisotopic (exact) mass is 409 g/mol. The number of rotatable bonds is 5. The first-order valence-electron chi connectivity index (χ1n) is 10.1. The molecule has 4 rings (SSSR count). The molecule has 1 aromatic carbocycles. The van der Waals surface area contributed by atoms with Crippen molar-refractivity contribution in [1.29, 1.82) is 0 Å². The Hall–Kier alpha value is -2.66. The molecular formula is C23H24ClN3O2. The Bertz CT molecular complexity index is 970. The van der Waals surface area contributed by atoms with E-state index in [2.05, 4.69) is 45.6 Å². The summed E-state index contributed by atoms with van der Waals surface area (Å²) >= 11 is 6.42. The molecule has 2 aromatic rings. The molecule has 2 aliphatic carbocycles. The van der Waals surface area contributed by atoms with E-state index in [-0.39, 0.29) is 12.0 Å². The molecule has 150 valence electrons. The number of hydrogen-bond acceptors (Lipinski definition) is 4. The van der Waals surface area contributed by atoms with Crippen molar-refractivity contribution >= 4 is 29.1 Å². The second kappa shape index (κ2) is 8.78. The summed E-state index contributed by atoms with van der Waals surface area (Å²) in [5.41, 5.74) is 4.11. The second-order valence-electron chi connectivity index (χ2n) is 7.67. The van der Waals surface area contributed by atoms with E-state index in [4.69, 9.17) is 11.6 Å². The fourth-order valence-electron chi connectivity index (χ4n) is 4.08. The molecule has 1 heterocycles. The van der Waals surface area contributed by atoms with Gasteiger partial charge in [-0.25, -0.2) is 9.97 Å². The number of nitrogens with one attached hydrogen (secondary N) is 1. The van der Waals surface area contributed by atoms with E-state index in [1.54, 1.807) is 6.20 Å². The quantitative estimate of drug-likeness (QED) is 0.673. The Labute approximate surface area is 175 Å². The van der Waals surface area contributed by atoms with Gasteiger partial charge in [-0.15, -0.1) is 0 Å². The third-order valence-electron chi connectivity index (χ3n) is 5.62. The lowest BCUT2D eigenvalue weighted by Crippen LogP contribution is -2.31. The Morgan fingerprint density at radius 2 is 2.10 bits per heavy atom. The number of anilines is 1. The Kier molecular flexibility index (Phi) is 5.95. The number of carboxylic acids is 1. The molecule has 0 amide bonds. The van der Waals surface area contributed by atoms with Crippen LogP contribution in [0.25, 0.3) is 16.8 Å². The Morgan fingerprint density at radius 3 is 2.90 bits per heavy atom. The molecule has 2 N–H and O–H groups in total. The van der Waals surface area contributed by atoms with Gasteiger partial charge in [-0.1, -0.05) is 54.4 Å². The molecular weight excluding hydrogens is 386 g/mol. The van der Waals surface area contributed by atoms with Crippen LogP contribution in [0.3, 0.4) is 0 Å². The lowest BCUT2D eigenvalue weighted by molar-refractivity contribution is -0.142. The van der Waals surface area contributed by atoms with Crippen molar-refractivity contribution in [3.63, 3.8) is 0 Å². The van der Waals surface area contributed by atoms with Crippen molar-refractivity contribution in [2.75, 3.05) is 5.32 Å². The van der Waals surface area contributed by atoms with Crippen molar-refractivity contribution in [3.05, 3.63) is 59.3 Å². The summed E-state index contributed by atoms with van der Waals surface area (Å²) in [5, 5.41) is 13.1.